The van der Waals surface area contributed by atoms with E-state index in [9.17, 15) is 13.2 Å². The van der Waals surface area contributed by atoms with Gasteiger partial charge >= 0.3 is 0 Å². The minimum Gasteiger partial charge on any atom is -0.348 e. The Kier molecular flexibility index (Phi) is 7.29. The van der Waals surface area contributed by atoms with Crippen LogP contribution in [0.15, 0.2) is 48.5 Å². The average Bonchev–Trinajstić information content (AvgIpc) is 2.73. The second-order valence-electron chi connectivity index (χ2n) is 7.05. The van der Waals surface area contributed by atoms with Gasteiger partial charge < -0.3 is 5.32 Å². The molecule has 1 N–H and O–H groups in total. The van der Waals surface area contributed by atoms with E-state index in [0.717, 1.165) is 11.1 Å². The number of halogens is 1. The van der Waals surface area contributed by atoms with Crippen LogP contribution in [0.3, 0.4) is 0 Å². The van der Waals surface area contributed by atoms with Crippen LogP contribution in [-0.2, 0) is 23.1 Å². The van der Waals surface area contributed by atoms with Crippen molar-refractivity contribution in [3.8, 4) is 0 Å². The lowest BCUT2D eigenvalue weighted by molar-refractivity contribution is 0.0950. The molecule has 1 amide bonds. The van der Waals surface area contributed by atoms with Gasteiger partial charge in [0.05, 0.1) is 5.75 Å². The number of piperazine rings is 1. The standard InChI is InChI=1S/C21H26ClN3O3S/c1-2-29(27,28)25-12-10-24(11-13-25)16-17-6-5-8-18(14-17)21(26)23-15-19-7-3-4-9-20(19)22/h3-9,14H,2,10-13,15-16H2,1H3,(H,23,26). The summed E-state index contributed by atoms with van der Waals surface area (Å²) in [6.45, 7) is 5.11. The number of nitrogens with zero attached hydrogens (tertiary/aromatic N) is 2. The monoisotopic (exact) mass is 435 g/mol. The third-order valence-electron chi connectivity index (χ3n) is 5.08. The molecule has 2 aromatic carbocycles. The molecule has 1 heterocycles. The van der Waals surface area contributed by atoms with Gasteiger partial charge in [0.1, 0.15) is 0 Å². The highest BCUT2D eigenvalue weighted by Crippen LogP contribution is 2.16. The fraction of sp³-hybridized carbons (Fsp3) is 0.381. The normalized spacial score (nSPS) is 15.9. The zero-order valence-corrected chi connectivity index (χ0v) is 18.0. The van der Waals surface area contributed by atoms with Gasteiger partial charge in [-0.05, 0) is 36.2 Å². The molecule has 1 aliphatic heterocycles. The second-order valence-corrected chi connectivity index (χ2v) is 9.71. The Morgan fingerprint density at radius 2 is 1.79 bits per heavy atom. The molecule has 0 aromatic heterocycles. The summed E-state index contributed by atoms with van der Waals surface area (Å²) in [5.74, 6) is -0.0103. The number of carbonyl (C=O) groups is 1. The van der Waals surface area contributed by atoms with Gasteiger partial charge in [0.2, 0.25) is 10.0 Å². The zero-order chi connectivity index (χ0) is 20.9. The van der Waals surface area contributed by atoms with E-state index < -0.39 is 10.0 Å². The number of benzene rings is 2. The molecule has 0 aliphatic carbocycles. The topological polar surface area (TPSA) is 69.7 Å². The van der Waals surface area contributed by atoms with Gasteiger partial charge in [0, 0.05) is 49.9 Å². The number of nitrogens with one attached hydrogen (secondary N) is 1. The lowest BCUT2D eigenvalue weighted by atomic mass is 10.1. The summed E-state index contributed by atoms with van der Waals surface area (Å²) in [5.41, 5.74) is 2.50. The third kappa shape index (κ3) is 5.79. The number of amides is 1. The Morgan fingerprint density at radius 3 is 2.48 bits per heavy atom. The van der Waals surface area contributed by atoms with E-state index >= 15 is 0 Å². The molecule has 0 unspecified atom stereocenters. The number of rotatable bonds is 7. The maximum absolute atomic E-state index is 12.5. The molecule has 8 heteroatoms. The Labute approximate surface area is 177 Å². The van der Waals surface area contributed by atoms with E-state index in [1.165, 1.54) is 0 Å². The van der Waals surface area contributed by atoms with Gasteiger partial charge in [-0.2, -0.15) is 4.31 Å². The SMILES string of the molecule is CCS(=O)(=O)N1CCN(Cc2cccc(C(=O)NCc3ccccc3Cl)c2)CC1. The molecule has 0 radical (unpaired) electrons. The molecule has 1 saturated heterocycles. The Hall–Kier alpha value is -1.93. The van der Waals surface area contributed by atoms with E-state index in [4.69, 9.17) is 11.6 Å². The minimum atomic E-state index is -3.12. The lowest BCUT2D eigenvalue weighted by Gasteiger charge is -2.33. The first-order valence-corrected chi connectivity index (χ1v) is 11.7. The fourth-order valence-electron chi connectivity index (χ4n) is 3.34. The van der Waals surface area contributed by atoms with Crippen molar-refractivity contribution < 1.29 is 13.2 Å². The van der Waals surface area contributed by atoms with Crippen LogP contribution in [0.4, 0.5) is 0 Å². The predicted octanol–water partition coefficient (Wildman–Crippen LogP) is 2.74. The summed E-state index contributed by atoms with van der Waals surface area (Å²) in [6.07, 6.45) is 0. The molecule has 2 aromatic rings. The molecule has 6 nitrogen and oxygen atoms in total. The van der Waals surface area contributed by atoms with E-state index in [2.05, 4.69) is 10.2 Å². The van der Waals surface area contributed by atoms with Crippen molar-refractivity contribution in [2.24, 2.45) is 0 Å². The number of carbonyl (C=O) groups excluding carboxylic acids is 1. The Morgan fingerprint density at radius 1 is 1.07 bits per heavy atom. The summed E-state index contributed by atoms with van der Waals surface area (Å²) in [4.78, 5) is 14.7. The smallest absolute Gasteiger partial charge is 0.251 e. The lowest BCUT2D eigenvalue weighted by Crippen LogP contribution is -2.48. The van der Waals surface area contributed by atoms with E-state index in [0.29, 0.717) is 49.9 Å². The van der Waals surface area contributed by atoms with Gasteiger partial charge in [-0.25, -0.2) is 8.42 Å². The van der Waals surface area contributed by atoms with Crippen LogP contribution in [0, 0.1) is 0 Å². The maximum atomic E-state index is 12.5. The summed E-state index contributed by atoms with van der Waals surface area (Å²) in [7, 11) is -3.12. The molecule has 0 bridgehead atoms. The molecule has 0 spiro atoms. The summed E-state index contributed by atoms with van der Waals surface area (Å²) >= 11 is 6.14. The highest BCUT2D eigenvalue weighted by Gasteiger charge is 2.25. The highest BCUT2D eigenvalue weighted by molar-refractivity contribution is 7.89. The molecule has 1 fully saturated rings. The van der Waals surface area contributed by atoms with E-state index in [-0.39, 0.29) is 11.7 Å². The van der Waals surface area contributed by atoms with Crippen molar-refractivity contribution in [3.63, 3.8) is 0 Å². The van der Waals surface area contributed by atoms with Crippen molar-refractivity contribution in [2.45, 2.75) is 20.0 Å². The van der Waals surface area contributed by atoms with Gasteiger partial charge in [0.15, 0.2) is 0 Å². The van der Waals surface area contributed by atoms with E-state index in [1.807, 2.05) is 36.4 Å². The molecule has 1 aliphatic rings. The molecule has 3 rings (SSSR count). The molecule has 0 saturated carbocycles. The fourth-order valence-corrected chi connectivity index (χ4v) is 4.62. The van der Waals surface area contributed by atoms with Crippen LogP contribution in [0.2, 0.25) is 5.02 Å². The summed E-state index contributed by atoms with van der Waals surface area (Å²) < 4.78 is 25.5. The van der Waals surface area contributed by atoms with Gasteiger partial charge in [-0.1, -0.05) is 41.9 Å². The van der Waals surface area contributed by atoms with Gasteiger partial charge in [0.25, 0.3) is 5.91 Å². The molecule has 156 valence electrons. The van der Waals surface area contributed by atoms with E-state index in [1.54, 1.807) is 23.4 Å². The minimum absolute atomic E-state index is 0.137. The number of hydrogen-bond acceptors (Lipinski definition) is 4. The average molecular weight is 436 g/mol. The van der Waals surface area contributed by atoms with Crippen molar-refractivity contribution in [2.75, 3.05) is 31.9 Å². The first-order valence-electron chi connectivity index (χ1n) is 9.70. The Bertz CT molecular complexity index is 957. The largest absolute Gasteiger partial charge is 0.348 e. The summed E-state index contributed by atoms with van der Waals surface area (Å²) in [6, 6.07) is 15.0. The number of hydrogen-bond donors (Lipinski definition) is 1. The van der Waals surface area contributed by atoms with Crippen molar-refractivity contribution in [3.05, 3.63) is 70.2 Å². The van der Waals surface area contributed by atoms with Gasteiger partial charge in [-0.3, -0.25) is 9.69 Å². The van der Waals surface area contributed by atoms with Crippen LogP contribution < -0.4 is 5.32 Å². The number of sulfonamides is 1. The molecule has 29 heavy (non-hydrogen) atoms. The molecular formula is C21H26ClN3O3S. The summed E-state index contributed by atoms with van der Waals surface area (Å²) in [5, 5.41) is 3.54. The molecule has 0 atom stereocenters. The van der Waals surface area contributed by atoms with Crippen LogP contribution in [0.5, 0.6) is 0 Å². The molecular weight excluding hydrogens is 410 g/mol. The first-order chi connectivity index (χ1) is 13.9. The van der Waals surface area contributed by atoms with Crippen LogP contribution in [0.1, 0.15) is 28.4 Å². The third-order valence-corrected chi connectivity index (χ3v) is 7.33. The second kappa shape index (κ2) is 9.71. The Balaban J connectivity index is 1.56. The van der Waals surface area contributed by atoms with Crippen LogP contribution in [-0.4, -0.2) is 55.5 Å². The van der Waals surface area contributed by atoms with Crippen LogP contribution in [0.25, 0.3) is 0 Å². The predicted molar refractivity (Wildman–Crippen MR) is 115 cm³/mol. The quantitative estimate of drug-likeness (QED) is 0.726. The van der Waals surface area contributed by atoms with Crippen LogP contribution >= 0.6 is 11.6 Å². The van der Waals surface area contributed by atoms with Gasteiger partial charge in [-0.15, -0.1) is 0 Å². The van der Waals surface area contributed by atoms with Crippen molar-refractivity contribution in [1.29, 1.82) is 0 Å². The maximum Gasteiger partial charge on any atom is 0.251 e. The first kappa shape index (κ1) is 21.8. The van der Waals surface area contributed by atoms with Crippen molar-refractivity contribution in [1.82, 2.24) is 14.5 Å². The zero-order valence-electron chi connectivity index (χ0n) is 16.5. The highest BCUT2D eigenvalue weighted by atomic mass is 35.5. The van der Waals surface area contributed by atoms with Crippen molar-refractivity contribution >= 4 is 27.5 Å².